The van der Waals surface area contributed by atoms with Gasteiger partial charge in [0.15, 0.2) is 0 Å². The van der Waals surface area contributed by atoms with Gasteiger partial charge in [-0.3, -0.25) is 4.90 Å². The van der Waals surface area contributed by atoms with Crippen LogP contribution in [0.2, 0.25) is 0 Å². The molecular weight excluding hydrogens is 140 g/mol. The Kier molecular flexibility index (Phi) is 2.11. The Morgan fingerprint density at radius 3 is 3.27 bits per heavy atom. The van der Waals surface area contributed by atoms with Gasteiger partial charge in [0.05, 0.1) is 12.7 Å². The van der Waals surface area contributed by atoms with E-state index in [4.69, 9.17) is 10.5 Å². The van der Waals surface area contributed by atoms with E-state index in [1.807, 2.05) is 0 Å². The van der Waals surface area contributed by atoms with Crippen LogP contribution in [0.3, 0.4) is 0 Å². The lowest BCUT2D eigenvalue weighted by Crippen LogP contribution is -2.48. The SMILES string of the molecule is NC[C@@H]1CN2CCC[C@H]2CO1. The third kappa shape index (κ3) is 1.41. The van der Waals surface area contributed by atoms with Gasteiger partial charge in [-0.15, -0.1) is 0 Å². The van der Waals surface area contributed by atoms with Gasteiger partial charge in [0.1, 0.15) is 0 Å². The summed E-state index contributed by atoms with van der Waals surface area (Å²) >= 11 is 0. The summed E-state index contributed by atoms with van der Waals surface area (Å²) in [6.45, 7) is 3.89. The molecule has 11 heavy (non-hydrogen) atoms. The van der Waals surface area contributed by atoms with E-state index in [9.17, 15) is 0 Å². The van der Waals surface area contributed by atoms with Crippen molar-refractivity contribution in [3.8, 4) is 0 Å². The molecule has 0 saturated carbocycles. The van der Waals surface area contributed by atoms with E-state index >= 15 is 0 Å². The summed E-state index contributed by atoms with van der Waals surface area (Å²) in [4.78, 5) is 2.51. The number of hydrogen-bond acceptors (Lipinski definition) is 3. The first-order valence-corrected chi connectivity index (χ1v) is 4.46. The average molecular weight is 156 g/mol. The third-order valence-electron chi connectivity index (χ3n) is 2.72. The lowest BCUT2D eigenvalue weighted by Gasteiger charge is -2.34. The number of ether oxygens (including phenoxy) is 1. The molecule has 64 valence electrons. The van der Waals surface area contributed by atoms with Crippen LogP contribution in [0.15, 0.2) is 0 Å². The van der Waals surface area contributed by atoms with E-state index in [1.165, 1.54) is 19.4 Å². The molecule has 0 bridgehead atoms. The zero-order valence-corrected chi connectivity index (χ0v) is 6.83. The van der Waals surface area contributed by atoms with Crippen molar-refractivity contribution >= 4 is 0 Å². The van der Waals surface area contributed by atoms with Crippen molar-refractivity contribution in [2.45, 2.75) is 25.0 Å². The van der Waals surface area contributed by atoms with Crippen LogP contribution in [0.5, 0.6) is 0 Å². The quantitative estimate of drug-likeness (QED) is 0.572. The van der Waals surface area contributed by atoms with Crippen LogP contribution in [0.4, 0.5) is 0 Å². The first-order valence-electron chi connectivity index (χ1n) is 4.46. The van der Waals surface area contributed by atoms with Crippen LogP contribution >= 0.6 is 0 Å². The molecule has 3 heteroatoms. The van der Waals surface area contributed by atoms with Crippen molar-refractivity contribution in [2.75, 3.05) is 26.2 Å². The number of fused-ring (bicyclic) bond motifs is 1. The van der Waals surface area contributed by atoms with Crippen LogP contribution in [0, 0.1) is 0 Å². The topological polar surface area (TPSA) is 38.5 Å². The molecule has 0 amide bonds. The second-order valence-electron chi connectivity index (χ2n) is 3.48. The molecule has 2 aliphatic rings. The smallest absolute Gasteiger partial charge is 0.0824 e. The van der Waals surface area contributed by atoms with Crippen LogP contribution < -0.4 is 5.73 Å². The van der Waals surface area contributed by atoms with Crippen molar-refractivity contribution < 1.29 is 4.74 Å². The zero-order chi connectivity index (χ0) is 7.68. The van der Waals surface area contributed by atoms with Crippen molar-refractivity contribution in [1.82, 2.24) is 4.90 Å². The van der Waals surface area contributed by atoms with Crippen molar-refractivity contribution in [2.24, 2.45) is 5.73 Å². The minimum atomic E-state index is 0.296. The molecule has 2 N–H and O–H groups in total. The van der Waals surface area contributed by atoms with E-state index in [1.54, 1.807) is 0 Å². The summed E-state index contributed by atoms with van der Waals surface area (Å²) in [5.74, 6) is 0. The molecule has 2 heterocycles. The van der Waals surface area contributed by atoms with Crippen molar-refractivity contribution in [1.29, 1.82) is 0 Å². The van der Waals surface area contributed by atoms with Gasteiger partial charge in [-0.2, -0.15) is 0 Å². The Labute approximate surface area is 67.5 Å². The summed E-state index contributed by atoms with van der Waals surface area (Å²) in [7, 11) is 0. The monoisotopic (exact) mass is 156 g/mol. The van der Waals surface area contributed by atoms with Gasteiger partial charge in [-0.05, 0) is 19.4 Å². The highest BCUT2D eigenvalue weighted by atomic mass is 16.5. The summed E-state index contributed by atoms with van der Waals surface area (Å²) in [5.41, 5.74) is 5.53. The summed E-state index contributed by atoms with van der Waals surface area (Å²) in [6.07, 6.45) is 2.95. The maximum absolute atomic E-state index is 5.57. The van der Waals surface area contributed by atoms with Crippen LogP contribution in [0.1, 0.15) is 12.8 Å². The molecule has 2 fully saturated rings. The Hall–Kier alpha value is -0.120. The Morgan fingerprint density at radius 2 is 2.45 bits per heavy atom. The molecular formula is C8H16N2O. The fourth-order valence-electron chi connectivity index (χ4n) is 2.03. The first-order chi connectivity index (χ1) is 5.40. The molecule has 2 rings (SSSR count). The van der Waals surface area contributed by atoms with Gasteiger partial charge in [-0.25, -0.2) is 0 Å². The molecule has 2 aliphatic heterocycles. The van der Waals surface area contributed by atoms with Gasteiger partial charge < -0.3 is 10.5 Å². The van der Waals surface area contributed by atoms with Gasteiger partial charge in [0, 0.05) is 19.1 Å². The highest BCUT2D eigenvalue weighted by molar-refractivity contribution is 4.85. The molecule has 0 unspecified atom stereocenters. The second-order valence-corrected chi connectivity index (χ2v) is 3.48. The first kappa shape index (κ1) is 7.53. The van der Waals surface area contributed by atoms with E-state index in [-0.39, 0.29) is 0 Å². The number of nitrogens with two attached hydrogens (primary N) is 1. The highest BCUT2D eigenvalue weighted by Gasteiger charge is 2.31. The predicted octanol–water partition coefficient (Wildman–Crippen LogP) is -0.192. The Balaban J connectivity index is 1.91. The summed E-state index contributed by atoms with van der Waals surface area (Å²) in [6, 6.07) is 0.706. The van der Waals surface area contributed by atoms with Gasteiger partial charge in [0.2, 0.25) is 0 Å². The Bertz CT molecular complexity index is 140. The largest absolute Gasteiger partial charge is 0.374 e. The van der Waals surface area contributed by atoms with E-state index in [0.717, 1.165) is 13.2 Å². The predicted molar refractivity (Wildman–Crippen MR) is 43.4 cm³/mol. The van der Waals surface area contributed by atoms with Gasteiger partial charge >= 0.3 is 0 Å². The number of morpholine rings is 1. The maximum Gasteiger partial charge on any atom is 0.0824 e. The van der Waals surface area contributed by atoms with Crippen molar-refractivity contribution in [3.63, 3.8) is 0 Å². The van der Waals surface area contributed by atoms with Crippen molar-refractivity contribution in [3.05, 3.63) is 0 Å². The minimum Gasteiger partial charge on any atom is -0.374 e. The van der Waals surface area contributed by atoms with Crippen LogP contribution in [0.25, 0.3) is 0 Å². The van der Waals surface area contributed by atoms with E-state index in [2.05, 4.69) is 4.90 Å². The van der Waals surface area contributed by atoms with E-state index < -0.39 is 0 Å². The molecule has 0 spiro atoms. The molecule has 0 aromatic carbocycles. The molecule has 2 saturated heterocycles. The number of nitrogens with zero attached hydrogens (tertiary/aromatic N) is 1. The van der Waals surface area contributed by atoms with Crippen LogP contribution in [-0.2, 0) is 4.74 Å². The molecule has 3 nitrogen and oxygen atoms in total. The van der Waals surface area contributed by atoms with Gasteiger partial charge in [0.25, 0.3) is 0 Å². The third-order valence-corrected chi connectivity index (χ3v) is 2.72. The fraction of sp³-hybridized carbons (Fsp3) is 1.00. The number of rotatable bonds is 1. The van der Waals surface area contributed by atoms with Crippen LogP contribution in [-0.4, -0.2) is 43.3 Å². The fourth-order valence-corrected chi connectivity index (χ4v) is 2.03. The second kappa shape index (κ2) is 3.09. The minimum absolute atomic E-state index is 0.296. The molecule has 2 atom stereocenters. The van der Waals surface area contributed by atoms with Gasteiger partial charge in [-0.1, -0.05) is 0 Å². The lowest BCUT2D eigenvalue weighted by atomic mass is 10.2. The molecule has 0 aliphatic carbocycles. The van der Waals surface area contributed by atoms with E-state index in [0.29, 0.717) is 18.7 Å². The summed E-state index contributed by atoms with van der Waals surface area (Å²) in [5, 5.41) is 0. The standard InChI is InChI=1S/C8H16N2O/c9-4-8-5-10-3-1-2-7(10)6-11-8/h7-8H,1-6,9H2/t7-,8+/m0/s1. The Morgan fingerprint density at radius 1 is 1.55 bits per heavy atom. The average Bonchev–Trinajstić information content (AvgIpc) is 2.50. The highest BCUT2D eigenvalue weighted by Crippen LogP contribution is 2.21. The summed E-state index contributed by atoms with van der Waals surface area (Å²) < 4.78 is 5.57. The molecule has 0 radical (unpaired) electrons. The normalized spacial score (nSPS) is 39.0. The lowest BCUT2D eigenvalue weighted by molar-refractivity contribution is -0.0434. The molecule has 0 aromatic rings. The number of hydrogen-bond donors (Lipinski definition) is 1. The maximum atomic E-state index is 5.57. The zero-order valence-electron chi connectivity index (χ0n) is 6.83. The molecule has 0 aromatic heterocycles.